The Bertz CT molecular complexity index is 1370. The minimum atomic E-state index is -0.554. The zero-order valence-corrected chi connectivity index (χ0v) is 24.2. The smallest absolute Gasteiger partial charge is 0.407 e. The highest BCUT2D eigenvalue weighted by Crippen LogP contribution is 2.36. The summed E-state index contributed by atoms with van der Waals surface area (Å²) in [5, 5.41) is 7.58. The molecule has 0 aliphatic heterocycles. The van der Waals surface area contributed by atoms with Gasteiger partial charge >= 0.3 is 6.09 Å². The van der Waals surface area contributed by atoms with Gasteiger partial charge in [-0.25, -0.2) is 14.3 Å². The molecule has 2 heterocycles. The fraction of sp³-hybridized carbons (Fsp3) is 0.500. The van der Waals surface area contributed by atoms with Crippen LogP contribution in [0.1, 0.15) is 94.4 Å². The van der Waals surface area contributed by atoms with Crippen molar-refractivity contribution in [2.24, 2.45) is 5.92 Å². The van der Waals surface area contributed by atoms with Crippen molar-refractivity contribution >= 4 is 23.6 Å². The van der Waals surface area contributed by atoms with E-state index in [2.05, 4.69) is 41.9 Å². The molecule has 1 saturated carbocycles. The molecule has 10 nitrogen and oxygen atoms in total. The summed E-state index contributed by atoms with van der Waals surface area (Å²) < 4.78 is 7.12. The third-order valence-corrected chi connectivity index (χ3v) is 7.41. The Hall–Kier alpha value is -3.95. The molecule has 4 rings (SSSR count). The summed E-state index contributed by atoms with van der Waals surface area (Å²) in [5.41, 5.74) is 8.52. The van der Waals surface area contributed by atoms with Gasteiger partial charge in [0.25, 0.3) is 5.91 Å². The standard InChI is InChI=1S/C30H40N6O4/c1-7-23-24(25-31-17-8-18-36(25)35-23)30(5,6)21-13-9-19(10-14-21)26(37)33-34-27(38)20-11-15-22(16-12-20)32-28(39)40-29(2,3)4/h8-10,13-14,17-18,20,22H,7,11-12,15-16H2,1-6H3,(H,32,39)(H,33,37)(H,34,38). The zero-order valence-electron chi connectivity index (χ0n) is 24.2. The van der Waals surface area contributed by atoms with E-state index in [0.717, 1.165) is 28.9 Å². The summed E-state index contributed by atoms with van der Waals surface area (Å²) in [4.78, 5) is 42.0. The predicted octanol–water partition coefficient (Wildman–Crippen LogP) is 4.46. The van der Waals surface area contributed by atoms with Crippen molar-refractivity contribution in [2.45, 2.75) is 90.7 Å². The van der Waals surface area contributed by atoms with Gasteiger partial charge in [0, 0.05) is 40.9 Å². The molecule has 0 radical (unpaired) electrons. The molecule has 0 spiro atoms. The summed E-state index contributed by atoms with van der Waals surface area (Å²) in [6.07, 6.45) is 6.58. The zero-order chi connectivity index (χ0) is 29.1. The molecule has 3 aromatic rings. The Kier molecular flexibility index (Phi) is 8.46. The van der Waals surface area contributed by atoms with E-state index in [-0.39, 0.29) is 29.2 Å². The van der Waals surface area contributed by atoms with Crippen molar-refractivity contribution in [1.29, 1.82) is 0 Å². The summed E-state index contributed by atoms with van der Waals surface area (Å²) >= 11 is 0. The van der Waals surface area contributed by atoms with Crippen LogP contribution in [0.3, 0.4) is 0 Å². The summed E-state index contributed by atoms with van der Waals surface area (Å²) in [6.45, 7) is 11.8. The molecular formula is C30H40N6O4. The van der Waals surface area contributed by atoms with Crippen LogP contribution >= 0.6 is 0 Å². The number of fused-ring (bicyclic) bond motifs is 1. The van der Waals surface area contributed by atoms with E-state index in [4.69, 9.17) is 9.84 Å². The second-order valence-corrected chi connectivity index (χ2v) is 11.9. The molecule has 10 heteroatoms. The first-order chi connectivity index (χ1) is 18.9. The average Bonchev–Trinajstić information content (AvgIpc) is 3.30. The van der Waals surface area contributed by atoms with Gasteiger partial charge in [-0.1, -0.05) is 32.9 Å². The van der Waals surface area contributed by atoms with Gasteiger partial charge in [-0.15, -0.1) is 0 Å². The van der Waals surface area contributed by atoms with Crippen LogP contribution in [0.5, 0.6) is 0 Å². The van der Waals surface area contributed by atoms with Crippen molar-refractivity contribution in [3.63, 3.8) is 0 Å². The van der Waals surface area contributed by atoms with Gasteiger partial charge in [0.1, 0.15) is 5.60 Å². The number of rotatable bonds is 6. The average molecular weight is 549 g/mol. The fourth-order valence-electron chi connectivity index (χ4n) is 5.27. The molecule has 0 unspecified atom stereocenters. The second kappa shape index (κ2) is 11.7. The van der Waals surface area contributed by atoms with E-state index >= 15 is 0 Å². The van der Waals surface area contributed by atoms with Gasteiger partial charge in [0.2, 0.25) is 5.91 Å². The van der Waals surface area contributed by atoms with Crippen LogP contribution in [0.25, 0.3) is 5.65 Å². The third-order valence-electron chi connectivity index (χ3n) is 7.41. The maximum atomic E-state index is 12.8. The molecule has 1 aliphatic carbocycles. The number of hydrogen-bond acceptors (Lipinski definition) is 6. The van der Waals surface area contributed by atoms with E-state index in [1.807, 2.05) is 49.7 Å². The Balaban J connectivity index is 1.31. The monoisotopic (exact) mass is 548 g/mol. The number of hydrogen-bond donors (Lipinski definition) is 3. The molecule has 40 heavy (non-hydrogen) atoms. The first kappa shape index (κ1) is 29.0. The number of aromatic nitrogens is 3. The Morgan fingerprint density at radius 2 is 1.68 bits per heavy atom. The van der Waals surface area contributed by atoms with Gasteiger partial charge in [0.05, 0.1) is 5.69 Å². The summed E-state index contributed by atoms with van der Waals surface area (Å²) in [6, 6.07) is 9.22. The highest BCUT2D eigenvalue weighted by Gasteiger charge is 2.31. The van der Waals surface area contributed by atoms with Crippen LogP contribution in [0.15, 0.2) is 42.7 Å². The lowest BCUT2D eigenvalue weighted by Crippen LogP contribution is -2.47. The minimum absolute atomic E-state index is 0.0267. The molecule has 0 saturated heterocycles. The van der Waals surface area contributed by atoms with Crippen molar-refractivity contribution in [2.75, 3.05) is 0 Å². The van der Waals surface area contributed by atoms with E-state index in [1.165, 1.54) is 0 Å². The summed E-state index contributed by atoms with van der Waals surface area (Å²) in [7, 11) is 0. The van der Waals surface area contributed by atoms with Crippen LogP contribution in [0.4, 0.5) is 4.79 Å². The third kappa shape index (κ3) is 6.60. The molecule has 0 atom stereocenters. The molecule has 214 valence electrons. The number of benzene rings is 1. The van der Waals surface area contributed by atoms with Crippen LogP contribution in [-0.4, -0.2) is 44.1 Å². The highest BCUT2D eigenvalue weighted by atomic mass is 16.6. The molecule has 1 aromatic carbocycles. The number of nitrogens with zero attached hydrogens (tertiary/aromatic N) is 3. The first-order valence-corrected chi connectivity index (χ1v) is 13.9. The van der Waals surface area contributed by atoms with Gasteiger partial charge < -0.3 is 10.1 Å². The molecule has 1 aliphatic rings. The quantitative estimate of drug-likeness (QED) is 0.391. The van der Waals surface area contributed by atoms with Crippen LogP contribution < -0.4 is 16.2 Å². The topological polar surface area (TPSA) is 127 Å². The highest BCUT2D eigenvalue weighted by molar-refractivity contribution is 5.95. The molecular weight excluding hydrogens is 508 g/mol. The van der Waals surface area contributed by atoms with Gasteiger partial charge in [-0.3, -0.25) is 20.4 Å². The molecule has 3 N–H and O–H groups in total. The van der Waals surface area contributed by atoms with E-state index in [1.54, 1.807) is 18.3 Å². The summed E-state index contributed by atoms with van der Waals surface area (Å²) in [5.74, 6) is -0.841. The Morgan fingerprint density at radius 1 is 1.00 bits per heavy atom. The van der Waals surface area contributed by atoms with Crippen LogP contribution in [0.2, 0.25) is 0 Å². The molecule has 0 bridgehead atoms. The Labute approximate surface area is 235 Å². The second-order valence-electron chi connectivity index (χ2n) is 11.9. The van der Waals surface area contributed by atoms with E-state index in [9.17, 15) is 14.4 Å². The first-order valence-electron chi connectivity index (χ1n) is 13.9. The van der Waals surface area contributed by atoms with Crippen molar-refractivity contribution < 1.29 is 19.1 Å². The number of amides is 3. The van der Waals surface area contributed by atoms with Gasteiger partial charge in [-0.2, -0.15) is 5.10 Å². The predicted molar refractivity (Wildman–Crippen MR) is 152 cm³/mol. The van der Waals surface area contributed by atoms with E-state index < -0.39 is 11.7 Å². The number of ether oxygens (including phenoxy) is 1. The number of nitrogens with one attached hydrogen (secondary N) is 3. The lowest BCUT2D eigenvalue weighted by atomic mass is 9.77. The molecule has 3 amide bonds. The molecule has 2 aromatic heterocycles. The number of alkyl carbamates (subject to hydrolysis) is 1. The Morgan fingerprint density at radius 3 is 2.30 bits per heavy atom. The molecule has 1 fully saturated rings. The van der Waals surface area contributed by atoms with Crippen LogP contribution in [0, 0.1) is 5.92 Å². The lowest BCUT2D eigenvalue weighted by molar-refractivity contribution is -0.126. The van der Waals surface area contributed by atoms with Gasteiger partial charge in [-0.05, 0) is 76.6 Å². The normalized spacial score (nSPS) is 17.8. The lowest BCUT2D eigenvalue weighted by Gasteiger charge is -2.29. The van der Waals surface area contributed by atoms with E-state index in [0.29, 0.717) is 31.2 Å². The van der Waals surface area contributed by atoms with Crippen molar-refractivity contribution in [3.8, 4) is 0 Å². The van der Waals surface area contributed by atoms with Gasteiger partial charge in [0.15, 0.2) is 5.65 Å². The van der Waals surface area contributed by atoms with Crippen molar-refractivity contribution in [1.82, 2.24) is 30.8 Å². The largest absolute Gasteiger partial charge is 0.444 e. The number of carbonyl (C=O) groups is 3. The number of hydrazine groups is 1. The van der Waals surface area contributed by atoms with Crippen LogP contribution in [-0.2, 0) is 21.4 Å². The maximum absolute atomic E-state index is 12.8. The van der Waals surface area contributed by atoms with Crippen molar-refractivity contribution in [3.05, 3.63) is 65.1 Å². The fourth-order valence-corrected chi connectivity index (χ4v) is 5.27. The minimum Gasteiger partial charge on any atom is -0.444 e. The maximum Gasteiger partial charge on any atom is 0.407 e. The number of carbonyl (C=O) groups excluding carboxylic acids is 3. The number of aryl methyl sites for hydroxylation is 1. The SMILES string of the molecule is CCc1nn2cccnc2c1C(C)(C)c1ccc(C(=O)NNC(=O)C2CCC(NC(=O)OC(C)(C)C)CC2)cc1.